The monoisotopic (exact) mass is 280 g/mol. The van der Waals surface area contributed by atoms with Crippen molar-refractivity contribution in [1.82, 2.24) is 10.2 Å². The fourth-order valence-electron chi connectivity index (χ4n) is 4.31. The molecule has 2 rings (SSSR count). The van der Waals surface area contributed by atoms with E-state index in [1.807, 2.05) is 0 Å². The van der Waals surface area contributed by atoms with Gasteiger partial charge in [-0.25, -0.2) is 0 Å². The SMILES string of the molecule is CCCC(C)N1CC(C(C)C)NCC1C1CCCCC1. The summed E-state index contributed by atoms with van der Waals surface area (Å²) in [7, 11) is 0. The highest BCUT2D eigenvalue weighted by Gasteiger charge is 2.36. The molecule has 0 bridgehead atoms. The molecule has 3 unspecified atom stereocenters. The van der Waals surface area contributed by atoms with Gasteiger partial charge in [-0.1, -0.05) is 46.5 Å². The number of nitrogens with zero attached hydrogens (tertiary/aromatic N) is 1. The van der Waals surface area contributed by atoms with Crippen molar-refractivity contribution >= 4 is 0 Å². The van der Waals surface area contributed by atoms with Gasteiger partial charge in [-0.3, -0.25) is 4.90 Å². The molecule has 1 N–H and O–H groups in total. The lowest BCUT2D eigenvalue weighted by Crippen LogP contribution is -2.62. The number of piperazine rings is 1. The average Bonchev–Trinajstić information content (AvgIpc) is 2.47. The lowest BCUT2D eigenvalue weighted by Gasteiger charge is -2.48. The molecule has 0 radical (unpaired) electrons. The number of nitrogens with one attached hydrogen (secondary N) is 1. The van der Waals surface area contributed by atoms with E-state index in [-0.39, 0.29) is 0 Å². The Balaban J connectivity index is 2.03. The van der Waals surface area contributed by atoms with Crippen LogP contribution in [0.2, 0.25) is 0 Å². The molecular weight excluding hydrogens is 244 g/mol. The second-order valence-electron chi connectivity index (χ2n) is 7.56. The van der Waals surface area contributed by atoms with Gasteiger partial charge in [-0.15, -0.1) is 0 Å². The van der Waals surface area contributed by atoms with E-state index < -0.39 is 0 Å². The second-order valence-corrected chi connectivity index (χ2v) is 7.56. The lowest BCUT2D eigenvalue weighted by atomic mass is 9.81. The van der Waals surface area contributed by atoms with E-state index in [2.05, 4.69) is 37.9 Å². The van der Waals surface area contributed by atoms with E-state index in [0.29, 0.717) is 6.04 Å². The molecule has 0 amide bonds. The maximum absolute atomic E-state index is 3.85. The summed E-state index contributed by atoms with van der Waals surface area (Å²) in [5.74, 6) is 1.70. The normalized spacial score (nSPS) is 31.6. The molecule has 0 aromatic carbocycles. The standard InChI is InChI=1S/C18H36N2/c1-5-9-15(4)20-13-17(14(2)3)19-12-18(20)16-10-7-6-8-11-16/h14-19H,5-13H2,1-4H3. The molecule has 0 aromatic heterocycles. The van der Waals surface area contributed by atoms with Gasteiger partial charge in [0.2, 0.25) is 0 Å². The highest BCUT2D eigenvalue weighted by Crippen LogP contribution is 2.32. The third-order valence-corrected chi connectivity index (χ3v) is 5.69. The molecule has 1 heterocycles. The van der Waals surface area contributed by atoms with Crippen LogP contribution in [-0.4, -0.2) is 36.1 Å². The molecule has 2 fully saturated rings. The fourth-order valence-corrected chi connectivity index (χ4v) is 4.31. The second kappa shape index (κ2) is 7.79. The molecular formula is C18H36N2. The van der Waals surface area contributed by atoms with E-state index in [0.717, 1.165) is 23.9 Å². The van der Waals surface area contributed by atoms with Crippen LogP contribution in [0.5, 0.6) is 0 Å². The van der Waals surface area contributed by atoms with Gasteiger partial charge in [0.1, 0.15) is 0 Å². The minimum atomic E-state index is 0.689. The van der Waals surface area contributed by atoms with Crippen molar-refractivity contribution in [3.05, 3.63) is 0 Å². The van der Waals surface area contributed by atoms with Crippen molar-refractivity contribution in [2.24, 2.45) is 11.8 Å². The summed E-state index contributed by atoms with van der Waals surface area (Å²) in [6.45, 7) is 12.0. The third-order valence-electron chi connectivity index (χ3n) is 5.69. The van der Waals surface area contributed by atoms with Gasteiger partial charge in [-0.2, -0.15) is 0 Å². The van der Waals surface area contributed by atoms with Crippen LogP contribution in [-0.2, 0) is 0 Å². The van der Waals surface area contributed by atoms with Crippen molar-refractivity contribution < 1.29 is 0 Å². The maximum Gasteiger partial charge on any atom is 0.0252 e. The van der Waals surface area contributed by atoms with E-state index in [4.69, 9.17) is 0 Å². The summed E-state index contributed by atoms with van der Waals surface area (Å²) in [5, 5.41) is 3.85. The van der Waals surface area contributed by atoms with E-state index in [1.165, 1.54) is 58.0 Å². The van der Waals surface area contributed by atoms with Crippen LogP contribution < -0.4 is 5.32 Å². The van der Waals surface area contributed by atoms with E-state index >= 15 is 0 Å². The summed E-state index contributed by atoms with van der Waals surface area (Å²) in [4.78, 5) is 2.88. The molecule has 118 valence electrons. The first-order valence-electron chi connectivity index (χ1n) is 9.12. The topological polar surface area (TPSA) is 15.3 Å². The largest absolute Gasteiger partial charge is 0.311 e. The quantitative estimate of drug-likeness (QED) is 0.817. The molecule has 1 aliphatic carbocycles. The molecule has 2 nitrogen and oxygen atoms in total. The van der Waals surface area contributed by atoms with Gasteiger partial charge in [0.25, 0.3) is 0 Å². The van der Waals surface area contributed by atoms with Crippen LogP contribution in [0.1, 0.15) is 72.6 Å². The van der Waals surface area contributed by atoms with Crippen LogP contribution in [0.3, 0.4) is 0 Å². The maximum atomic E-state index is 3.85. The zero-order chi connectivity index (χ0) is 14.5. The van der Waals surface area contributed by atoms with Gasteiger partial charge >= 0.3 is 0 Å². The van der Waals surface area contributed by atoms with E-state index in [1.54, 1.807) is 0 Å². The van der Waals surface area contributed by atoms with Gasteiger partial charge in [0.05, 0.1) is 0 Å². The number of rotatable bonds is 5. The van der Waals surface area contributed by atoms with Crippen molar-refractivity contribution in [3.63, 3.8) is 0 Å². The first kappa shape index (κ1) is 16.3. The molecule has 20 heavy (non-hydrogen) atoms. The Bertz CT molecular complexity index is 271. The summed E-state index contributed by atoms with van der Waals surface area (Å²) in [6.07, 6.45) is 10.00. The number of hydrogen-bond donors (Lipinski definition) is 1. The third kappa shape index (κ3) is 3.98. The van der Waals surface area contributed by atoms with E-state index in [9.17, 15) is 0 Å². The van der Waals surface area contributed by atoms with Crippen LogP contribution in [0.25, 0.3) is 0 Å². The molecule has 1 saturated heterocycles. The Morgan fingerprint density at radius 3 is 2.40 bits per heavy atom. The van der Waals surface area contributed by atoms with Gasteiger partial charge in [0.15, 0.2) is 0 Å². The molecule has 3 atom stereocenters. The van der Waals surface area contributed by atoms with Gasteiger partial charge in [-0.05, 0) is 38.0 Å². The van der Waals surface area contributed by atoms with Crippen molar-refractivity contribution in [2.75, 3.05) is 13.1 Å². The molecule has 0 spiro atoms. The summed E-state index contributed by atoms with van der Waals surface area (Å²) in [6, 6.07) is 2.25. The van der Waals surface area contributed by atoms with Gasteiger partial charge in [0, 0.05) is 31.2 Å². The average molecular weight is 281 g/mol. The Morgan fingerprint density at radius 2 is 1.80 bits per heavy atom. The molecule has 1 aliphatic heterocycles. The summed E-state index contributed by atoms with van der Waals surface area (Å²) >= 11 is 0. The summed E-state index contributed by atoms with van der Waals surface area (Å²) < 4.78 is 0. The van der Waals surface area contributed by atoms with Crippen molar-refractivity contribution in [3.8, 4) is 0 Å². The predicted octanol–water partition coefficient (Wildman–Crippen LogP) is 4.05. The minimum absolute atomic E-state index is 0.689. The van der Waals surface area contributed by atoms with Crippen LogP contribution in [0, 0.1) is 11.8 Å². The van der Waals surface area contributed by atoms with Crippen LogP contribution >= 0.6 is 0 Å². The molecule has 1 saturated carbocycles. The van der Waals surface area contributed by atoms with Crippen molar-refractivity contribution in [1.29, 1.82) is 0 Å². The van der Waals surface area contributed by atoms with Crippen LogP contribution in [0.4, 0.5) is 0 Å². The smallest absolute Gasteiger partial charge is 0.0252 e. The highest BCUT2D eigenvalue weighted by atomic mass is 15.3. The molecule has 2 heteroatoms. The Labute approximate surface area is 126 Å². The summed E-state index contributed by atoms with van der Waals surface area (Å²) in [5.41, 5.74) is 0. The lowest BCUT2D eigenvalue weighted by molar-refractivity contribution is 0.0294. The number of hydrogen-bond acceptors (Lipinski definition) is 2. The highest BCUT2D eigenvalue weighted by molar-refractivity contribution is 4.93. The Hall–Kier alpha value is -0.0800. The minimum Gasteiger partial charge on any atom is -0.311 e. The Kier molecular flexibility index (Phi) is 6.35. The predicted molar refractivity (Wildman–Crippen MR) is 88.1 cm³/mol. The van der Waals surface area contributed by atoms with Gasteiger partial charge < -0.3 is 5.32 Å². The molecule has 2 aliphatic rings. The van der Waals surface area contributed by atoms with Crippen molar-refractivity contribution in [2.45, 2.75) is 90.8 Å². The van der Waals surface area contributed by atoms with Crippen LogP contribution in [0.15, 0.2) is 0 Å². The first-order valence-corrected chi connectivity index (χ1v) is 9.12. The zero-order valence-electron chi connectivity index (χ0n) is 14.2. The zero-order valence-corrected chi connectivity index (χ0v) is 14.2. The fraction of sp³-hybridized carbons (Fsp3) is 1.00. The Morgan fingerprint density at radius 1 is 1.10 bits per heavy atom. The molecule has 0 aromatic rings. The first-order chi connectivity index (χ1) is 9.63.